The maximum atomic E-state index is 12.5. The van der Waals surface area contributed by atoms with E-state index in [1.165, 1.54) is 24.3 Å². The van der Waals surface area contributed by atoms with Crippen LogP contribution in [0.1, 0.15) is 12.6 Å². The van der Waals surface area contributed by atoms with E-state index < -0.39 is 88.2 Å². The summed E-state index contributed by atoms with van der Waals surface area (Å²) in [6.07, 6.45) is 0. The Bertz CT molecular complexity index is 2860. The minimum absolute atomic E-state index is 0. The van der Waals surface area contributed by atoms with Crippen molar-refractivity contribution < 1.29 is 186 Å². The molecular formula is C28H25N5Na4O14S4. The monoisotopic (exact) mass is 875 g/mol. The molecule has 0 saturated heterocycles. The zero-order valence-electron chi connectivity index (χ0n) is 33.3. The van der Waals surface area contributed by atoms with Gasteiger partial charge in [-0.15, -0.1) is 20.5 Å². The van der Waals surface area contributed by atoms with Gasteiger partial charge in [-0.2, -0.15) is 33.7 Å². The Balaban J connectivity index is -0.00000189. The van der Waals surface area contributed by atoms with Crippen LogP contribution in [0.4, 0.5) is 28.4 Å². The normalized spacial score (nSPS) is 12.1. The van der Waals surface area contributed by atoms with Gasteiger partial charge in [0.15, 0.2) is 5.75 Å². The Labute approximate surface area is 407 Å². The van der Waals surface area contributed by atoms with Crippen molar-refractivity contribution in [3.8, 4) is 5.75 Å². The van der Waals surface area contributed by atoms with Crippen molar-refractivity contribution in [3.63, 3.8) is 0 Å². The van der Waals surface area contributed by atoms with Gasteiger partial charge >= 0.3 is 118 Å². The zero-order valence-corrected chi connectivity index (χ0v) is 40.5. The third-order valence-corrected chi connectivity index (χ3v) is 10.5. The number of anilines is 1. The van der Waals surface area contributed by atoms with Crippen LogP contribution in [0, 0.1) is 0 Å². The number of azo groups is 2. The average molecular weight is 876 g/mol. The number of phenolic OH excluding ortho intramolecular Hbond substituents is 1. The largest absolute Gasteiger partial charge is 1.00 e. The summed E-state index contributed by atoms with van der Waals surface area (Å²) in [6.45, 7) is 1.06. The van der Waals surface area contributed by atoms with Crippen LogP contribution in [-0.4, -0.2) is 62.9 Å². The van der Waals surface area contributed by atoms with Crippen molar-refractivity contribution in [2.24, 2.45) is 20.5 Å². The molecule has 0 fully saturated rings. The topological polar surface area (TPSA) is 316 Å². The minimum Gasteiger partial charge on any atom is -1.00 e. The molecule has 0 spiro atoms. The zero-order chi connectivity index (χ0) is 37.7. The van der Waals surface area contributed by atoms with E-state index in [1.54, 1.807) is 0 Å². The van der Waals surface area contributed by atoms with Crippen LogP contribution in [0.2, 0.25) is 0 Å². The first-order valence-electron chi connectivity index (χ1n) is 13.6. The third kappa shape index (κ3) is 11.9. The van der Waals surface area contributed by atoms with Crippen LogP contribution >= 0.6 is 0 Å². The fourth-order valence-electron chi connectivity index (χ4n) is 4.85. The summed E-state index contributed by atoms with van der Waals surface area (Å²) in [4.78, 5) is 8.52. The minimum atomic E-state index is -5.35. The maximum absolute atomic E-state index is 12.5. The molecule has 27 heteroatoms. The number of phenols is 1. The quantitative estimate of drug-likeness (QED) is 0.0457. The van der Waals surface area contributed by atoms with E-state index >= 15 is 0 Å². The summed E-state index contributed by atoms with van der Waals surface area (Å²) in [5, 5.41) is 27.8. The van der Waals surface area contributed by atoms with Crippen LogP contribution < -0.4 is 124 Å². The molecule has 0 heterocycles. The molecule has 0 aliphatic rings. The Morgan fingerprint density at radius 3 is 1.64 bits per heavy atom. The number of aromatic hydroxyl groups is 1. The first-order valence-corrected chi connectivity index (χ1v) is 19.3. The van der Waals surface area contributed by atoms with Crippen molar-refractivity contribution in [3.05, 3.63) is 72.8 Å². The molecule has 55 heavy (non-hydrogen) atoms. The van der Waals surface area contributed by atoms with Crippen LogP contribution in [-0.2, 0) is 45.3 Å². The molecule has 5 rings (SSSR count). The maximum Gasteiger partial charge on any atom is 1.00 e. The molecule has 5 aromatic carbocycles. The van der Waals surface area contributed by atoms with Gasteiger partial charge in [-0.1, -0.05) is 18.2 Å². The van der Waals surface area contributed by atoms with Crippen molar-refractivity contribution in [1.82, 2.24) is 0 Å². The molecule has 0 aliphatic carbocycles. The van der Waals surface area contributed by atoms with Crippen molar-refractivity contribution in [2.45, 2.75) is 26.5 Å². The molecule has 0 saturated carbocycles. The fourth-order valence-corrected chi connectivity index (χ4v) is 7.30. The molecule has 0 atom stereocenters. The summed E-state index contributed by atoms with van der Waals surface area (Å²) in [5.41, 5.74) is -1.85. The smallest absolute Gasteiger partial charge is 1.00 e. The number of fused-ring (bicyclic) bond motifs is 2. The number of benzene rings is 5. The first-order chi connectivity index (χ1) is 23.6. The second-order valence-electron chi connectivity index (χ2n) is 10.4. The second-order valence-corrected chi connectivity index (χ2v) is 16.0. The molecule has 0 aromatic heterocycles. The van der Waals surface area contributed by atoms with Gasteiger partial charge in [0.25, 0.3) is 40.5 Å². The molecule has 0 bridgehead atoms. The summed E-state index contributed by atoms with van der Waals surface area (Å²) in [6, 6.07) is 12.8. The standard InChI is InChI=1S/C28H21N5O14S4.4Na.4H/c1-14(34)29-22-10-11-23(49(39,40)41)18-13-25(51(45,46)47)27(28(35)26(18)22)33-31-20-9-8-19(16-7-6-15(12-17(16)20)48(36,37)38)30-32-21-4-2-3-5-24(21)50(42,43)44;;;;;;;;/h2-13,35H,1H3,(H,29,34)(H,36,37,38)(H,39,40,41)(H,42,43,44)(H,45,46,47);;;;;;;;/q;4*+1;4*-1. The van der Waals surface area contributed by atoms with E-state index in [2.05, 4.69) is 25.8 Å². The van der Waals surface area contributed by atoms with Gasteiger partial charge in [-0.3, -0.25) is 23.0 Å². The fraction of sp³-hybridized carbons (Fsp3) is 0.0357. The Morgan fingerprint density at radius 2 is 1.09 bits per heavy atom. The van der Waals surface area contributed by atoms with Gasteiger partial charge in [0, 0.05) is 23.1 Å². The Hall–Kier alpha value is -1.27. The number of hydrogen-bond donors (Lipinski definition) is 6. The molecule has 0 aliphatic heterocycles. The van der Waals surface area contributed by atoms with E-state index in [9.17, 15) is 61.8 Å². The van der Waals surface area contributed by atoms with Crippen LogP contribution in [0.5, 0.6) is 5.75 Å². The van der Waals surface area contributed by atoms with E-state index in [0.29, 0.717) is 6.07 Å². The summed E-state index contributed by atoms with van der Waals surface area (Å²) in [7, 11) is -20.0. The predicted octanol–water partition coefficient (Wildman–Crippen LogP) is -6.06. The third-order valence-electron chi connectivity index (χ3n) is 6.95. The molecule has 1 amide bonds. The number of carbonyl (C=O) groups excluding carboxylic acids is 1. The first kappa shape index (κ1) is 51.7. The number of nitrogens with zero attached hydrogens (tertiary/aromatic N) is 4. The number of amides is 1. The number of hydrogen-bond acceptors (Lipinski definition) is 14. The summed E-state index contributed by atoms with van der Waals surface area (Å²) >= 11 is 0. The van der Waals surface area contributed by atoms with Crippen LogP contribution in [0.25, 0.3) is 21.5 Å². The van der Waals surface area contributed by atoms with Crippen LogP contribution in [0.15, 0.2) is 113 Å². The molecular weight excluding hydrogens is 851 g/mol. The molecule has 5 aromatic rings. The van der Waals surface area contributed by atoms with E-state index in [4.69, 9.17) is 0 Å². The van der Waals surface area contributed by atoms with Crippen LogP contribution in [0.3, 0.4) is 0 Å². The van der Waals surface area contributed by atoms with Gasteiger partial charge < -0.3 is 16.1 Å². The molecule has 6 N–H and O–H groups in total. The summed E-state index contributed by atoms with van der Waals surface area (Å²) in [5.74, 6) is -1.85. The van der Waals surface area contributed by atoms with Crippen molar-refractivity contribution in [2.75, 3.05) is 5.32 Å². The Kier molecular flexibility index (Phi) is 18.5. The molecule has 0 radical (unpaired) electrons. The molecule has 0 unspecified atom stereocenters. The van der Waals surface area contributed by atoms with E-state index in [-0.39, 0.29) is 157 Å². The number of rotatable bonds is 9. The van der Waals surface area contributed by atoms with Gasteiger partial charge in [0.1, 0.15) is 26.1 Å². The van der Waals surface area contributed by atoms with E-state index in [1.807, 2.05) is 0 Å². The molecule has 19 nitrogen and oxygen atoms in total. The van der Waals surface area contributed by atoms with Gasteiger partial charge in [0.2, 0.25) is 5.91 Å². The predicted molar refractivity (Wildman–Crippen MR) is 182 cm³/mol. The number of carbonyl (C=O) groups is 1. The number of nitrogens with one attached hydrogen (secondary N) is 1. The summed E-state index contributed by atoms with van der Waals surface area (Å²) < 4.78 is 136. The Morgan fingerprint density at radius 1 is 0.564 bits per heavy atom. The van der Waals surface area contributed by atoms with Gasteiger partial charge in [-0.25, -0.2) is 0 Å². The van der Waals surface area contributed by atoms with Crippen molar-refractivity contribution >= 4 is 96.4 Å². The van der Waals surface area contributed by atoms with Gasteiger partial charge in [-0.05, 0) is 54.6 Å². The van der Waals surface area contributed by atoms with Gasteiger partial charge in [0.05, 0.1) is 27.3 Å². The SMILES string of the molecule is CC(=O)Nc1ccc(S(=O)(=O)O)c2cc(S(=O)(=O)O)c(N=Nc3ccc(N=Nc4ccccc4S(=O)(=O)O)c4ccc(S(=O)(=O)O)cc34)c(O)c12.[H-].[H-].[H-].[H-].[Na+].[Na+].[Na+].[Na+]. The second kappa shape index (κ2) is 19.7. The van der Waals surface area contributed by atoms with E-state index in [0.717, 1.165) is 49.4 Å². The average Bonchev–Trinajstić information content (AvgIpc) is 3.01. The van der Waals surface area contributed by atoms with Crippen molar-refractivity contribution in [1.29, 1.82) is 0 Å². The molecule has 274 valence electrons.